The lowest BCUT2D eigenvalue weighted by Crippen LogP contribution is -1.98. The molecular formula is C7H5N2O4. The van der Waals surface area contributed by atoms with E-state index in [-0.39, 0.29) is 5.56 Å². The second-order valence-electron chi connectivity index (χ2n) is 2.30. The van der Waals surface area contributed by atoms with Crippen LogP contribution in [0.3, 0.4) is 0 Å². The second kappa shape index (κ2) is 3.18. The van der Waals surface area contributed by atoms with Crippen molar-refractivity contribution in [1.82, 2.24) is 0 Å². The molecule has 0 aromatic heterocycles. The second-order valence-corrected chi connectivity index (χ2v) is 2.30. The Balaban J connectivity index is 3.43. The molecule has 0 saturated carbocycles. The summed E-state index contributed by atoms with van der Waals surface area (Å²) in [7, 11) is 0. The lowest BCUT2D eigenvalue weighted by molar-refractivity contribution is -0.422. The summed E-state index contributed by atoms with van der Waals surface area (Å²) in [4.78, 5) is 19.2. The van der Waals surface area contributed by atoms with Crippen molar-refractivity contribution in [2.24, 2.45) is 0 Å². The van der Waals surface area contributed by atoms with E-state index in [0.29, 0.717) is 0 Å². The topological polar surface area (TPSA) is 86.3 Å². The van der Waals surface area contributed by atoms with Gasteiger partial charge in [-0.1, -0.05) is 12.1 Å². The Morgan fingerprint density at radius 3 is 2.15 bits per heavy atom. The maximum absolute atomic E-state index is 10.4. The van der Waals surface area contributed by atoms with E-state index in [4.69, 9.17) is 0 Å². The third-order valence-electron chi connectivity index (χ3n) is 1.48. The van der Waals surface area contributed by atoms with E-state index < -0.39 is 21.2 Å². The van der Waals surface area contributed by atoms with Crippen molar-refractivity contribution < 1.29 is 9.85 Å². The summed E-state index contributed by atoms with van der Waals surface area (Å²) in [6, 6.07) is 3.78. The van der Waals surface area contributed by atoms with Crippen molar-refractivity contribution in [3.63, 3.8) is 0 Å². The number of para-hydroxylation sites is 1. The van der Waals surface area contributed by atoms with Crippen LogP contribution in [0.15, 0.2) is 18.2 Å². The Hall–Kier alpha value is -1.98. The molecule has 0 heterocycles. The standard InChI is InChI=1S/C7H5N2O4/c1-5-3-2-4-6(8(10)11)7(5)9(12)13/h2-4H,1H2. The predicted molar refractivity (Wildman–Crippen MR) is 44.2 cm³/mol. The molecule has 1 aromatic rings. The van der Waals surface area contributed by atoms with Crippen LogP contribution in [0.25, 0.3) is 0 Å². The molecule has 0 saturated heterocycles. The quantitative estimate of drug-likeness (QED) is 0.513. The molecule has 0 fully saturated rings. The summed E-state index contributed by atoms with van der Waals surface area (Å²) in [5.74, 6) is 0. The highest BCUT2D eigenvalue weighted by Gasteiger charge is 2.25. The Kier molecular flexibility index (Phi) is 2.23. The molecule has 1 radical (unpaired) electrons. The van der Waals surface area contributed by atoms with Crippen LogP contribution >= 0.6 is 0 Å². The molecule has 6 nitrogen and oxygen atoms in total. The lowest BCUT2D eigenvalue weighted by atomic mass is 10.2. The van der Waals surface area contributed by atoms with Gasteiger partial charge in [0.05, 0.1) is 9.85 Å². The van der Waals surface area contributed by atoms with Crippen molar-refractivity contribution in [2.45, 2.75) is 0 Å². The first-order valence-corrected chi connectivity index (χ1v) is 3.28. The molecule has 67 valence electrons. The van der Waals surface area contributed by atoms with Crippen LogP contribution in [0.1, 0.15) is 5.56 Å². The Bertz CT molecular complexity index is 375. The van der Waals surface area contributed by atoms with Gasteiger partial charge in [-0.15, -0.1) is 0 Å². The van der Waals surface area contributed by atoms with E-state index >= 15 is 0 Å². The number of nitro benzene ring substituents is 2. The van der Waals surface area contributed by atoms with E-state index in [9.17, 15) is 20.2 Å². The van der Waals surface area contributed by atoms with Crippen LogP contribution in [0.2, 0.25) is 0 Å². The molecule has 0 unspecified atom stereocenters. The number of hydrogen-bond acceptors (Lipinski definition) is 4. The van der Waals surface area contributed by atoms with Gasteiger partial charge in [-0.25, -0.2) is 0 Å². The Morgan fingerprint density at radius 2 is 1.77 bits per heavy atom. The predicted octanol–water partition coefficient (Wildman–Crippen LogP) is 1.69. The molecule has 6 heteroatoms. The minimum absolute atomic E-state index is 0.0409. The van der Waals surface area contributed by atoms with Crippen LogP contribution in [0.5, 0.6) is 0 Å². The van der Waals surface area contributed by atoms with Gasteiger partial charge in [0.15, 0.2) is 0 Å². The van der Waals surface area contributed by atoms with Crippen LogP contribution in [-0.4, -0.2) is 9.85 Å². The highest BCUT2D eigenvalue weighted by Crippen LogP contribution is 2.29. The Labute approximate surface area is 73.1 Å². The molecule has 0 bridgehead atoms. The third-order valence-corrected chi connectivity index (χ3v) is 1.48. The zero-order valence-corrected chi connectivity index (χ0v) is 6.47. The highest BCUT2D eigenvalue weighted by molar-refractivity contribution is 5.58. The number of benzene rings is 1. The lowest BCUT2D eigenvalue weighted by Gasteiger charge is -1.96. The van der Waals surface area contributed by atoms with Crippen molar-refractivity contribution in [1.29, 1.82) is 0 Å². The molecule has 13 heavy (non-hydrogen) atoms. The molecular weight excluding hydrogens is 176 g/mol. The minimum Gasteiger partial charge on any atom is -0.258 e. The summed E-state index contributed by atoms with van der Waals surface area (Å²) >= 11 is 0. The van der Waals surface area contributed by atoms with Crippen LogP contribution in [-0.2, 0) is 0 Å². The summed E-state index contributed by atoms with van der Waals surface area (Å²) < 4.78 is 0. The maximum Gasteiger partial charge on any atom is 0.349 e. The van der Waals surface area contributed by atoms with Crippen molar-refractivity contribution in [3.8, 4) is 0 Å². The number of rotatable bonds is 2. The van der Waals surface area contributed by atoms with Crippen molar-refractivity contribution >= 4 is 11.4 Å². The van der Waals surface area contributed by atoms with Gasteiger partial charge in [-0.05, 0) is 6.92 Å². The van der Waals surface area contributed by atoms with Crippen LogP contribution in [0.4, 0.5) is 11.4 Å². The normalized spacial score (nSPS) is 9.62. The van der Waals surface area contributed by atoms with Gasteiger partial charge in [-0.3, -0.25) is 20.2 Å². The Morgan fingerprint density at radius 1 is 1.15 bits per heavy atom. The fraction of sp³-hybridized carbons (Fsp3) is 0. The third kappa shape index (κ3) is 1.61. The molecule has 0 aliphatic rings. The van der Waals surface area contributed by atoms with Crippen molar-refractivity contribution in [3.05, 3.63) is 50.9 Å². The zero-order chi connectivity index (χ0) is 10.0. The molecule has 0 atom stereocenters. The molecule has 0 amide bonds. The molecule has 0 spiro atoms. The zero-order valence-electron chi connectivity index (χ0n) is 6.47. The highest BCUT2D eigenvalue weighted by atomic mass is 16.6. The molecule has 1 aromatic carbocycles. The van der Waals surface area contributed by atoms with Gasteiger partial charge < -0.3 is 0 Å². The largest absolute Gasteiger partial charge is 0.349 e. The van der Waals surface area contributed by atoms with E-state index in [0.717, 1.165) is 6.07 Å². The van der Waals surface area contributed by atoms with E-state index in [2.05, 4.69) is 6.92 Å². The van der Waals surface area contributed by atoms with Gasteiger partial charge in [0.25, 0.3) is 0 Å². The first-order valence-electron chi connectivity index (χ1n) is 3.28. The average Bonchev–Trinajstić information content (AvgIpc) is 2.02. The number of nitro groups is 2. The monoisotopic (exact) mass is 181 g/mol. The van der Waals surface area contributed by atoms with Gasteiger partial charge in [0.2, 0.25) is 0 Å². The van der Waals surface area contributed by atoms with E-state index in [1.54, 1.807) is 0 Å². The first kappa shape index (κ1) is 9.11. The first-order chi connectivity index (χ1) is 6.04. The fourth-order valence-electron chi connectivity index (χ4n) is 0.936. The maximum atomic E-state index is 10.4. The van der Waals surface area contributed by atoms with Gasteiger partial charge in [0.1, 0.15) is 0 Å². The van der Waals surface area contributed by atoms with Crippen LogP contribution < -0.4 is 0 Å². The van der Waals surface area contributed by atoms with Crippen molar-refractivity contribution in [2.75, 3.05) is 0 Å². The molecule has 1 rings (SSSR count). The fourth-order valence-corrected chi connectivity index (χ4v) is 0.936. The number of hydrogen-bond donors (Lipinski definition) is 0. The minimum atomic E-state index is -0.805. The summed E-state index contributed by atoms with van der Waals surface area (Å²) in [5.41, 5.74) is -1.04. The molecule has 0 aliphatic carbocycles. The van der Waals surface area contributed by atoms with E-state index in [1.165, 1.54) is 12.1 Å². The SMILES string of the molecule is [CH2]c1cccc([N+](=O)[O-])c1[N+](=O)[O-]. The van der Waals surface area contributed by atoms with Gasteiger partial charge in [0, 0.05) is 11.6 Å². The molecule has 0 aliphatic heterocycles. The average molecular weight is 181 g/mol. The summed E-state index contributed by atoms with van der Waals surface area (Å²) in [5, 5.41) is 20.8. The van der Waals surface area contributed by atoms with Gasteiger partial charge >= 0.3 is 11.4 Å². The smallest absolute Gasteiger partial charge is 0.258 e. The number of nitrogens with zero attached hydrogens (tertiary/aromatic N) is 2. The summed E-state index contributed by atoms with van der Waals surface area (Å²) in [6.45, 7) is 3.34. The van der Waals surface area contributed by atoms with E-state index in [1.807, 2.05) is 0 Å². The summed E-state index contributed by atoms with van der Waals surface area (Å²) in [6.07, 6.45) is 0. The van der Waals surface area contributed by atoms with Gasteiger partial charge in [-0.2, -0.15) is 0 Å². The molecule has 0 N–H and O–H groups in total. The van der Waals surface area contributed by atoms with Crippen LogP contribution in [0, 0.1) is 27.2 Å².